The smallest absolute Gasteiger partial charge is 0.246 e. The molecule has 216 valence electrons. The zero-order valence-corrected chi connectivity index (χ0v) is 24.4. The second-order valence-corrected chi connectivity index (χ2v) is 12.9. The van der Waals surface area contributed by atoms with Crippen molar-refractivity contribution in [2.24, 2.45) is 11.8 Å². The van der Waals surface area contributed by atoms with Crippen LogP contribution in [0, 0.1) is 11.8 Å². The average molecular weight is 590 g/mol. The zero-order valence-electron chi connectivity index (χ0n) is 22.9. The highest BCUT2D eigenvalue weighted by molar-refractivity contribution is 6.42. The minimum atomic E-state index is -1.16. The van der Waals surface area contributed by atoms with Crippen molar-refractivity contribution in [2.45, 2.75) is 88.1 Å². The van der Waals surface area contributed by atoms with E-state index >= 15 is 0 Å². The van der Waals surface area contributed by atoms with Gasteiger partial charge in [0.05, 0.1) is 28.0 Å². The summed E-state index contributed by atoms with van der Waals surface area (Å²) in [7, 11) is 0. The van der Waals surface area contributed by atoms with Crippen LogP contribution >= 0.6 is 23.2 Å². The number of anilines is 1. The highest BCUT2D eigenvalue weighted by atomic mass is 35.5. The summed E-state index contributed by atoms with van der Waals surface area (Å²) in [6.45, 7) is 4.33. The van der Waals surface area contributed by atoms with Crippen molar-refractivity contribution in [2.75, 3.05) is 25.0 Å². The number of amides is 3. The van der Waals surface area contributed by atoms with E-state index < -0.39 is 29.6 Å². The topological polar surface area (TPSA) is 91.0 Å². The molecular weight excluding hydrogens is 551 g/mol. The number of halogens is 2. The number of carbonyl (C=O) groups is 3. The molecule has 1 aromatic carbocycles. The van der Waals surface area contributed by atoms with Crippen LogP contribution in [0.4, 0.5) is 5.69 Å². The molecule has 6 rings (SSSR count). The maximum absolute atomic E-state index is 14.2. The van der Waals surface area contributed by atoms with Crippen molar-refractivity contribution < 1.29 is 19.1 Å². The molecule has 1 aliphatic carbocycles. The van der Waals surface area contributed by atoms with Gasteiger partial charge >= 0.3 is 0 Å². The molecule has 0 radical (unpaired) electrons. The Kier molecular flexibility index (Phi) is 7.89. The van der Waals surface area contributed by atoms with Crippen LogP contribution in [0.5, 0.6) is 0 Å². The predicted molar refractivity (Wildman–Crippen MR) is 154 cm³/mol. The molecule has 8 nitrogen and oxygen atoms in total. The Morgan fingerprint density at radius 2 is 1.80 bits per heavy atom. The van der Waals surface area contributed by atoms with Gasteiger partial charge in [0.25, 0.3) is 0 Å². The molecule has 6 atom stereocenters. The third-order valence-corrected chi connectivity index (χ3v) is 10.4. The van der Waals surface area contributed by atoms with Gasteiger partial charge < -0.3 is 20.3 Å². The largest absolute Gasteiger partial charge is 0.359 e. The summed E-state index contributed by atoms with van der Waals surface area (Å²) in [5.74, 6) is -2.22. The van der Waals surface area contributed by atoms with Crippen LogP contribution in [0.1, 0.15) is 58.3 Å². The molecule has 10 heteroatoms. The predicted octanol–water partition coefficient (Wildman–Crippen LogP) is 4.41. The minimum Gasteiger partial charge on any atom is -0.359 e. The first-order valence-corrected chi connectivity index (χ1v) is 15.5. The number of hydrogen-bond acceptors (Lipinski definition) is 5. The summed E-state index contributed by atoms with van der Waals surface area (Å²) in [4.78, 5) is 45.9. The number of carbonyl (C=O) groups excluding carboxylic acids is 3. The maximum atomic E-state index is 14.2. The van der Waals surface area contributed by atoms with E-state index in [0.717, 1.165) is 45.1 Å². The highest BCUT2D eigenvalue weighted by Crippen LogP contribution is 2.55. The van der Waals surface area contributed by atoms with Crippen LogP contribution < -0.4 is 10.6 Å². The van der Waals surface area contributed by atoms with Gasteiger partial charge in [-0.25, -0.2) is 0 Å². The summed E-state index contributed by atoms with van der Waals surface area (Å²) in [5, 5.41) is 6.88. The first-order chi connectivity index (χ1) is 19.3. The van der Waals surface area contributed by atoms with E-state index in [0.29, 0.717) is 34.9 Å². The second-order valence-electron chi connectivity index (χ2n) is 12.1. The molecule has 1 saturated carbocycles. The van der Waals surface area contributed by atoms with E-state index in [2.05, 4.69) is 22.5 Å². The SMILES string of the molecule is C[C@@H]1CCCCN1CCN1C(=O)[C@@H]2[C@@H](C(=O)Nc3ccc(Cl)c(Cl)c3)[C@@H]3C=C[C@@]2(O3)[C@@H]1C(=O)NC1CCCCC1. The summed E-state index contributed by atoms with van der Waals surface area (Å²) >= 11 is 12.2. The Labute approximate surface area is 245 Å². The number of piperidine rings is 1. The molecule has 0 aromatic heterocycles. The fraction of sp³-hybridized carbons (Fsp3) is 0.633. The second kappa shape index (κ2) is 11.3. The highest BCUT2D eigenvalue weighted by Gasteiger charge is 2.72. The van der Waals surface area contributed by atoms with Crippen molar-refractivity contribution in [3.63, 3.8) is 0 Å². The number of hydrogen-bond donors (Lipinski definition) is 2. The molecule has 1 aromatic rings. The van der Waals surface area contributed by atoms with Gasteiger partial charge in [-0.05, 0) is 57.4 Å². The molecular formula is C30H38Cl2N4O4. The molecule has 2 bridgehead atoms. The van der Waals surface area contributed by atoms with E-state index in [9.17, 15) is 14.4 Å². The van der Waals surface area contributed by atoms with Crippen LogP contribution in [-0.2, 0) is 19.1 Å². The first kappa shape index (κ1) is 28.0. The Bertz CT molecular complexity index is 1200. The Hall–Kier alpha value is -2.13. The number of fused-ring (bicyclic) bond motifs is 1. The molecule has 4 fully saturated rings. The van der Waals surface area contributed by atoms with Crippen LogP contribution in [0.2, 0.25) is 10.0 Å². The summed E-state index contributed by atoms with van der Waals surface area (Å²) < 4.78 is 6.48. The Balaban J connectivity index is 1.27. The lowest BCUT2D eigenvalue weighted by Gasteiger charge is -2.37. The summed E-state index contributed by atoms with van der Waals surface area (Å²) in [5.41, 5.74) is -0.665. The lowest BCUT2D eigenvalue weighted by atomic mass is 9.74. The van der Waals surface area contributed by atoms with Crippen LogP contribution in [0.15, 0.2) is 30.4 Å². The molecule has 4 aliphatic heterocycles. The van der Waals surface area contributed by atoms with Gasteiger partial charge in [-0.1, -0.05) is 61.0 Å². The fourth-order valence-electron chi connectivity index (χ4n) is 7.56. The number of nitrogens with zero attached hydrogens (tertiary/aromatic N) is 2. The van der Waals surface area contributed by atoms with Gasteiger partial charge in [0.2, 0.25) is 17.7 Å². The standard InChI is InChI=1S/C30H38Cl2N4O4/c1-18-7-5-6-14-35(18)15-16-36-26(28(38)33-19-8-3-2-4-9-19)30-13-12-23(40-30)24(25(30)29(36)39)27(37)34-20-10-11-21(31)22(32)17-20/h10-13,17-19,23-26H,2-9,14-16H2,1H3,(H,33,38)(H,34,37)/t18-,23+,24+,25+,26+,30+/m1/s1. The van der Waals surface area contributed by atoms with E-state index in [4.69, 9.17) is 27.9 Å². The first-order valence-electron chi connectivity index (χ1n) is 14.8. The van der Waals surface area contributed by atoms with E-state index in [1.54, 1.807) is 23.1 Å². The van der Waals surface area contributed by atoms with Crippen molar-refractivity contribution in [3.05, 3.63) is 40.4 Å². The summed E-state index contributed by atoms with van der Waals surface area (Å²) in [6.07, 6.45) is 11.9. The lowest BCUT2D eigenvalue weighted by molar-refractivity contribution is -0.141. The Morgan fingerprint density at radius 1 is 1.02 bits per heavy atom. The van der Waals surface area contributed by atoms with Crippen molar-refractivity contribution in [1.82, 2.24) is 15.1 Å². The normalized spacial score (nSPS) is 33.8. The monoisotopic (exact) mass is 588 g/mol. The fourth-order valence-corrected chi connectivity index (χ4v) is 7.86. The van der Waals surface area contributed by atoms with Crippen molar-refractivity contribution in [3.8, 4) is 0 Å². The number of rotatable bonds is 7. The van der Waals surface area contributed by atoms with E-state index in [1.165, 1.54) is 12.8 Å². The zero-order chi connectivity index (χ0) is 28.0. The maximum Gasteiger partial charge on any atom is 0.246 e. The minimum absolute atomic E-state index is 0.104. The van der Waals surface area contributed by atoms with E-state index in [-0.39, 0.29) is 23.8 Å². The Morgan fingerprint density at radius 3 is 2.55 bits per heavy atom. The quantitative estimate of drug-likeness (QED) is 0.460. The van der Waals surface area contributed by atoms with Crippen LogP contribution in [-0.4, -0.2) is 77.0 Å². The molecule has 4 heterocycles. The molecule has 5 aliphatic rings. The van der Waals surface area contributed by atoms with Crippen molar-refractivity contribution >= 4 is 46.6 Å². The number of benzene rings is 1. The molecule has 40 heavy (non-hydrogen) atoms. The van der Waals surface area contributed by atoms with Gasteiger partial charge in [0, 0.05) is 30.9 Å². The molecule has 0 unspecified atom stereocenters. The third-order valence-electron chi connectivity index (χ3n) is 9.63. The third kappa shape index (κ3) is 4.95. The summed E-state index contributed by atoms with van der Waals surface area (Å²) in [6, 6.07) is 4.62. The number of nitrogens with one attached hydrogen (secondary N) is 2. The van der Waals surface area contributed by atoms with Crippen molar-refractivity contribution in [1.29, 1.82) is 0 Å². The van der Waals surface area contributed by atoms with Gasteiger partial charge in [-0.15, -0.1) is 0 Å². The van der Waals surface area contributed by atoms with Crippen LogP contribution in [0.3, 0.4) is 0 Å². The lowest BCUT2D eigenvalue weighted by Crippen LogP contribution is -2.57. The molecule has 2 N–H and O–H groups in total. The van der Waals surface area contributed by atoms with Gasteiger partial charge in [0.15, 0.2) is 0 Å². The average Bonchev–Trinajstić information content (AvgIpc) is 3.58. The van der Waals surface area contributed by atoms with Crippen LogP contribution in [0.25, 0.3) is 0 Å². The number of ether oxygens (including phenoxy) is 1. The molecule has 1 spiro atoms. The molecule has 3 saturated heterocycles. The molecule has 3 amide bonds. The van der Waals surface area contributed by atoms with Gasteiger partial charge in [0.1, 0.15) is 11.6 Å². The van der Waals surface area contributed by atoms with Gasteiger partial charge in [-0.3, -0.25) is 19.3 Å². The van der Waals surface area contributed by atoms with E-state index in [1.807, 2.05) is 12.2 Å². The number of likely N-dealkylation sites (tertiary alicyclic amines) is 2. The van der Waals surface area contributed by atoms with Gasteiger partial charge in [-0.2, -0.15) is 0 Å².